The summed E-state index contributed by atoms with van der Waals surface area (Å²) < 4.78 is 40.0. The molecule has 2 aromatic rings. The van der Waals surface area contributed by atoms with Crippen LogP contribution in [0.3, 0.4) is 0 Å². The quantitative estimate of drug-likeness (QED) is 0.724. The molecule has 1 heterocycles. The summed E-state index contributed by atoms with van der Waals surface area (Å²) in [6.45, 7) is 1.56. The minimum atomic E-state index is -3.40. The summed E-state index contributed by atoms with van der Waals surface area (Å²) in [5.74, 6) is -0.688. The summed E-state index contributed by atoms with van der Waals surface area (Å²) >= 11 is 0. The van der Waals surface area contributed by atoms with Gasteiger partial charge in [0.05, 0.1) is 4.90 Å². The number of nitrogens with zero attached hydrogens (tertiary/aromatic N) is 1. The van der Waals surface area contributed by atoms with Crippen molar-refractivity contribution in [2.45, 2.75) is 24.2 Å². The Morgan fingerprint density at radius 3 is 2.43 bits per heavy atom. The van der Waals surface area contributed by atoms with Crippen LogP contribution in [0.4, 0.5) is 4.39 Å². The topological polar surface area (TPSA) is 66.5 Å². The Labute approximate surface area is 164 Å². The number of nitrogens with one attached hydrogen (secondary N) is 1. The maximum Gasteiger partial charge on any atom is 0.244 e. The summed E-state index contributed by atoms with van der Waals surface area (Å²) in [4.78, 5) is 12.1. The highest BCUT2D eigenvalue weighted by Gasteiger charge is 2.26. The molecule has 5 nitrogen and oxygen atoms in total. The molecule has 148 valence electrons. The molecule has 1 fully saturated rings. The molecule has 0 saturated carbocycles. The molecule has 1 saturated heterocycles. The van der Waals surface area contributed by atoms with Crippen molar-refractivity contribution < 1.29 is 17.6 Å². The van der Waals surface area contributed by atoms with Crippen molar-refractivity contribution in [1.29, 1.82) is 0 Å². The molecule has 1 aliphatic heterocycles. The zero-order valence-corrected chi connectivity index (χ0v) is 16.3. The van der Waals surface area contributed by atoms with Crippen LogP contribution in [0.1, 0.15) is 24.0 Å². The van der Waals surface area contributed by atoms with Crippen molar-refractivity contribution in [1.82, 2.24) is 9.62 Å². The maximum absolute atomic E-state index is 13.5. The lowest BCUT2D eigenvalue weighted by Gasteiger charge is -2.15. The molecule has 0 spiro atoms. The van der Waals surface area contributed by atoms with E-state index in [0.717, 1.165) is 18.4 Å². The Bertz CT molecular complexity index is 950. The van der Waals surface area contributed by atoms with E-state index in [4.69, 9.17) is 0 Å². The smallest absolute Gasteiger partial charge is 0.244 e. The van der Waals surface area contributed by atoms with E-state index in [2.05, 4.69) is 5.32 Å². The fourth-order valence-corrected chi connectivity index (χ4v) is 4.59. The van der Waals surface area contributed by atoms with Crippen molar-refractivity contribution >= 4 is 22.0 Å². The second-order valence-corrected chi connectivity index (χ2v) is 8.59. The summed E-state index contributed by atoms with van der Waals surface area (Å²) in [6, 6.07) is 13.0. The minimum absolute atomic E-state index is 0.301. The average Bonchev–Trinajstić information content (AvgIpc) is 3.23. The molecule has 28 heavy (non-hydrogen) atoms. The predicted octanol–water partition coefficient (Wildman–Crippen LogP) is 2.98. The summed E-state index contributed by atoms with van der Waals surface area (Å²) in [5.41, 5.74) is 1.28. The molecule has 0 aromatic heterocycles. The lowest BCUT2D eigenvalue weighted by Crippen LogP contribution is -2.27. The van der Waals surface area contributed by atoms with Gasteiger partial charge in [-0.3, -0.25) is 4.79 Å². The standard InChI is InChI=1S/C21H23FN2O3S/c22-20-6-2-1-5-18(20)9-12-21(25)23-14-13-17-7-10-19(11-8-17)28(26,27)24-15-3-4-16-24/h1-2,5-12H,3-4,13-16H2,(H,23,25). The first-order valence-corrected chi connectivity index (χ1v) is 10.7. The third-order valence-corrected chi connectivity index (χ3v) is 6.57. The highest BCUT2D eigenvalue weighted by atomic mass is 32.2. The molecule has 0 atom stereocenters. The van der Waals surface area contributed by atoms with Crippen LogP contribution in [0.5, 0.6) is 0 Å². The van der Waals surface area contributed by atoms with E-state index in [0.29, 0.717) is 36.5 Å². The second kappa shape index (κ2) is 9.12. The lowest BCUT2D eigenvalue weighted by atomic mass is 10.1. The first kappa shape index (κ1) is 20.2. The number of halogens is 1. The van der Waals surface area contributed by atoms with E-state index in [1.54, 1.807) is 42.5 Å². The summed E-state index contributed by atoms with van der Waals surface area (Å²) in [6.07, 6.45) is 5.11. The molecule has 0 aliphatic carbocycles. The van der Waals surface area contributed by atoms with Crippen molar-refractivity contribution in [2.75, 3.05) is 19.6 Å². The fraction of sp³-hybridized carbons (Fsp3) is 0.286. The monoisotopic (exact) mass is 402 g/mol. The van der Waals surface area contributed by atoms with E-state index in [-0.39, 0.29) is 11.7 Å². The predicted molar refractivity (Wildman–Crippen MR) is 107 cm³/mol. The van der Waals surface area contributed by atoms with Crippen LogP contribution in [0.2, 0.25) is 0 Å². The molecule has 0 unspecified atom stereocenters. The molecule has 0 bridgehead atoms. The van der Waals surface area contributed by atoms with E-state index in [9.17, 15) is 17.6 Å². The van der Waals surface area contributed by atoms with Gasteiger partial charge in [0.1, 0.15) is 5.82 Å². The Morgan fingerprint density at radius 2 is 1.75 bits per heavy atom. The minimum Gasteiger partial charge on any atom is -0.352 e. The molecule has 1 N–H and O–H groups in total. The maximum atomic E-state index is 13.5. The van der Waals surface area contributed by atoms with Gasteiger partial charge in [0, 0.05) is 31.3 Å². The number of carbonyl (C=O) groups is 1. The summed E-state index contributed by atoms with van der Waals surface area (Å²) in [5, 5.41) is 2.74. The van der Waals surface area contributed by atoms with Crippen LogP contribution in [0.25, 0.3) is 6.08 Å². The first-order valence-electron chi connectivity index (χ1n) is 9.26. The van der Waals surface area contributed by atoms with Crippen LogP contribution in [-0.4, -0.2) is 38.3 Å². The van der Waals surface area contributed by atoms with Crippen molar-refractivity contribution in [3.05, 3.63) is 71.6 Å². The molecular formula is C21H23FN2O3S. The number of rotatable bonds is 7. The summed E-state index contributed by atoms with van der Waals surface area (Å²) in [7, 11) is -3.40. The number of sulfonamides is 1. The molecule has 0 radical (unpaired) electrons. The number of amides is 1. The van der Waals surface area contributed by atoms with Gasteiger partial charge in [0.25, 0.3) is 0 Å². The third-order valence-electron chi connectivity index (χ3n) is 4.66. The van der Waals surface area contributed by atoms with E-state index in [1.807, 2.05) is 0 Å². The molecule has 1 amide bonds. The molecule has 2 aromatic carbocycles. The van der Waals surface area contributed by atoms with Gasteiger partial charge in [-0.1, -0.05) is 30.3 Å². The SMILES string of the molecule is O=C(C=Cc1ccccc1F)NCCc1ccc(S(=O)(=O)N2CCCC2)cc1. The van der Waals surface area contributed by atoms with Crippen molar-refractivity contribution in [3.8, 4) is 0 Å². The molecule has 7 heteroatoms. The van der Waals surface area contributed by atoms with Crippen LogP contribution in [-0.2, 0) is 21.2 Å². The highest BCUT2D eigenvalue weighted by molar-refractivity contribution is 7.89. The van der Waals surface area contributed by atoms with Gasteiger partial charge in [-0.25, -0.2) is 12.8 Å². The van der Waals surface area contributed by atoms with Crippen molar-refractivity contribution in [2.24, 2.45) is 0 Å². The Kier molecular flexibility index (Phi) is 6.59. The van der Waals surface area contributed by atoms with Gasteiger partial charge in [-0.15, -0.1) is 0 Å². The Morgan fingerprint density at radius 1 is 1.07 bits per heavy atom. The average molecular weight is 402 g/mol. The lowest BCUT2D eigenvalue weighted by molar-refractivity contribution is -0.116. The first-order chi connectivity index (χ1) is 13.5. The third kappa shape index (κ3) is 5.05. The Balaban J connectivity index is 1.50. The van der Waals surface area contributed by atoms with E-state index >= 15 is 0 Å². The van der Waals surface area contributed by atoms with E-state index in [1.165, 1.54) is 22.5 Å². The van der Waals surface area contributed by atoms with Gasteiger partial charge in [-0.2, -0.15) is 4.31 Å². The Hall–Kier alpha value is -2.51. The molecular weight excluding hydrogens is 379 g/mol. The number of hydrogen-bond donors (Lipinski definition) is 1. The van der Waals surface area contributed by atoms with Crippen LogP contribution >= 0.6 is 0 Å². The normalized spacial score (nSPS) is 15.2. The van der Waals surface area contributed by atoms with Gasteiger partial charge < -0.3 is 5.32 Å². The van der Waals surface area contributed by atoms with Gasteiger partial charge in [0.2, 0.25) is 15.9 Å². The number of carbonyl (C=O) groups excluding carboxylic acids is 1. The molecule has 3 rings (SSSR count). The zero-order chi connectivity index (χ0) is 20.0. The fourth-order valence-electron chi connectivity index (χ4n) is 3.07. The zero-order valence-electron chi connectivity index (χ0n) is 15.5. The van der Waals surface area contributed by atoms with Crippen LogP contribution in [0.15, 0.2) is 59.5 Å². The van der Waals surface area contributed by atoms with Crippen molar-refractivity contribution in [3.63, 3.8) is 0 Å². The molecule has 1 aliphatic rings. The van der Waals surface area contributed by atoms with Crippen LogP contribution < -0.4 is 5.32 Å². The highest BCUT2D eigenvalue weighted by Crippen LogP contribution is 2.21. The van der Waals surface area contributed by atoms with E-state index < -0.39 is 10.0 Å². The second-order valence-electron chi connectivity index (χ2n) is 6.65. The number of benzene rings is 2. The van der Waals surface area contributed by atoms with Gasteiger partial charge in [-0.05, 0) is 49.1 Å². The van der Waals surface area contributed by atoms with Crippen LogP contribution in [0, 0.1) is 5.82 Å². The van der Waals surface area contributed by atoms with Gasteiger partial charge >= 0.3 is 0 Å². The number of hydrogen-bond acceptors (Lipinski definition) is 3. The van der Waals surface area contributed by atoms with Gasteiger partial charge in [0.15, 0.2) is 0 Å². The largest absolute Gasteiger partial charge is 0.352 e.